The smallest absolute Gasteiger partial charge is 0.186 e. The summed E-state index contributed by atoms with van der Waals surface area (Å²) < 4.78 is 23.2. The van der Waals surface area contributed by atoms with Crippen molar-refractivity contribution in [1.82, 2.24) is 0 Å². The van der Waals surface area contributed by atoms with E-state index >= 15 is 0 Å². The molecule has 0 bridgehead atoms. The van der Waals surface area contributed by atoms with Crippen LogP contribution in [0.25, 0.3) is 11.1 Å². The van der Waals surface area contributed by atoms with Crippen molar-refractivity contribution in [3.05, 3.63) is 41.3 Å². The van der Waals surface area contributed by atoms with Gasteiger partial charge in [-0.25, -0.2) is 8.42 Å². The summed E-state index contributed by atoms with van der Waals surface area (Å²) in [5.41, 5.74) is 1.78. The molecule has 0 aliphatic carbocycles. The standard InChI is InChI=1S/C12H9NO2S2/c1-17(14,15)12-10(7-13)11(8-16-12)9-5-3-2-4-6-9/h2-6,8H,1H3. The third-order valence-corrected chi connectivity index (χ3v) is 5.14. The molecule has 0 aliphatic heterocycles. The van der Waals surface area contributed by atoms with Gasteiger partial charge in [0.15, 0.2) is 9.84 Å². The predicted octanol–water partition coefficient (Wildman–Crippen LogP) is 2.69. The Morgan fingerprint density at radius 1 is 1.24 bits per heavy atom. The summed E-state index contributed by atoms with van der Waals surface area (Å²) in [7, 11) is -3.34. The van der Waals surface area contributed by atoms with Crippen LogP contribution in [0.15, 0.2) is 39.9 Å². The van der Waals surface area contributed by atoms with E-state index in [9.17, 15) is 8.42 Å². The monoisotopic (exact) mass is 263 g/mol. The van der Waals surface area contributed by atoms with Gasteiger partial charge in [0.2, 0.25) is 0 Å². The van der Waals surface area contributed by atoms with E-state index in [4.69, 9.17) is 5.26 Å². The van der Waals surface area contributed by atoms with Crippen LogP contribution in [0.2, 0.25) is 0 Å². The van der Waals surface area contributed by atoms with Gasteiger partial charge in [-0.15, -0.1) is 11.3 Å². The van der Waals surface area contributed by atoms with Gasteiger partial charge < -0.3 is 0 Å². The lowest BCUT2D eigenvalue weighted by Gasteiger charge is -1.99. The first-order valence-corrected chi connectivity index (χ1v) is 7.58. The summed E-state index contributed by atoms with van der Waals surface area (Å²) in [6, 6.07) is 11.3. The minimum atomic E-state index is -3.34. The Morgan fingerprint density at radius 3 is 2.41 bits per heavy atom. The van der Waals surface area contributed by atoms with Gasteiger partial charge in [0, 0.05) is 17.2 Å². The van der Waals surface area contributed by atoms with E-state index < -0.39 is 9.84 Å². The Hall–Kier alpha value is -1.64. The minimum Gasteiger partial charge on any atom is -0.223 e. The Kier molecular flexibility index (Phi) is 3.01. The van der Waals surface area contributed by atoms with Crippen LogP contribution in [0.4, 0.5) is 0 Å². The summed E-state index contributed by atoms with van der Waals surface area (Å²) in [5, 5.41) is 10.8. The number of hydrogen-bond donors (Lipinski definition) is 0. The highest BCUT2D eigenvalue weighted by Gasteiger charge is 2.20. The molecular weight excluding hydrogens is 254 g/mol. The van der Waals surface area contributed by atoms with Gasteiger partial charge in [-0.2, -0.15) is 5.26 Å². The first-order valence-electron chi connectivity index (χ1n) is 4.81. The van der Waals surface area contributed by atoms with Crippen LogP contribution in [0.5, 0.6) is 0 Å². The zero-order chi connectivity index (χ0) is 12.5. The van der Waals surface area contributed by atoms with Gasteiger partial charge in [-0.1, -0.05) is 30.3 Å². The number of sulfone groups is 1. The van der Waals surface area contributed by atoms with E-state index in [0.717, 1.165) is 23.2 Å². The Bertz CT molecular complexity index is 679. The molecule has 1 heterocycles. The topological polar surface area (TPSA) is 57.9 Å². The second kappa shape index (κ2) is 4.32. The molecule has 0 unspecified atom stereocenters. The summed E-state index contributed by atoms with van der Waals surface area (Å²) in [4.78, 5) is 0. The Balaban J connectivity index is 2.68. The number of thiophene rings is 1. The van der Waals surface area contributed by atoms with Crippen LogP contribution in [0.1, 0.15) is 5.56 Å². The highest BCUT2D eigenvalue weighted by atomic mass is 32.2. The van der Waals surface area contributed by atoms with Gasteiger partial charge in [0.1, 0.15) is 10.3 Å². The highest BCUT2D eigenvalue weighted by molar-refractivity contribution is 7.92. The van der Waals surface area contributed by atoms with Crippen molar-refractivity contribution < 1.29 is 8.42 Å². The average Bonchev–Trinajstić information content (AvgIpc) is 2.73. The van der Waals surface area contributed by atoms with E-state index in [1.54, 1.807) is 5.38 Å². The fraction of sp³-hybridized carbons (Fsp3) is 0.0833. The van der Waals surface area contributed by atoms with Crippen LogP contribution in [-0.4, -0.2) is 14.7 Å². The molecule has 0 saturated heterocycles. The highest BCUT2D eigenvalue weighted by Crippen LogP contribution is 2.33. The van der Waals surface area contributed by atoms with E-state index in [-0.39, 0.29) is 9.77 Å². The molecule has 17 heavy (non-hydrogen) atoms. The SMILES string of the molecule is CS(=O)(=O)c1scc(-c2ccccc2)c1C#N. The lowest BCUT2D eigenvalue weighted by atomic mass is 10.1. The second-order valence-corrected chi connectivity index (χ2v) is 6.65. The van der Waals surface area contributed by atoms with E-state index in [1.165, 1.54) is 0 Å². The molecule has 0 saturated carbocycles. The van der Waals surface area contributed by atoms with Gasteiger partial charge in [-0.3, -0.25) is 0 Å². The summed E-state index contributed by atoms with van der Waals surface area (Å²) in [5.74, 6) is 0. The van der Waals surface area contributed by atoms with Gasteiger partial charge in [-0.05, 0) is 5.56 Å². The predicted molar refractivity (Wildman–Crippen MR) is 67.6 cm³/mol. The van der Waals surface area contributed by atoms with Crippen LogP contribution in [0.3, 0.4) is 0 Å². The zero-order valence-corrected chi connectivity index (χ0v) is 10.7. The molecule has 2 rings (SSSR count). The summed E-state index contributed by atoms with van der Waals surface area (Å²) in [6.45, 7) is 0. The minimum absolute atomic E-state index is 0.138. The largest absolute Gasteiger partial charge is 0.223 e. The summed E-state index contributed by atoms with van der Waals surface area (Å²) >= 11 is 1.09. The molecule has 0 fully saturated rings. The molecule has 0 aliphatic rings. The van der Waals surface area contributed by atoms with E-state index in [1.807, 2.05) is 36.4 Å². The van der Waals surface area contributed by atoms with Crippen molar-refractivity contribution in [3.63, 3.8) is 0 Å². The lowest BCUT2D eigenvalue weighted by molar-refractivity contribution is 0.603. The Labute approximate surface area is 104 Å². The molecule has 0 radical (unpaired) electrons. The molecule has 2 aromatic rings. The quantitative estimate of drug-likeness (QED) is 0.837. The maximum atomic E-state index is 11.5. The molecule has 5 heteroatoms. The average molecular weight is 263 g/mol. The van der Waals surface area contributed by atoms with Crippen molar-refractivity contribution in [2.45, 2.75) is 4.21 Å². The van der Waals surface area contributed by atoms with Crippen molar-refractivity contribution in [2.24, 2.45) is 0 Å². The fourth-order valence-corrected chi connectivity index (χ4v) is 3.67. The van der Waals surface area contributed by atoms with Crippen LogP contribution < -0.4 is 0 Å². The van der Waals surface area contributed by atoms with Gasteiger partial charge >= 0.3 is 0 Å². The maximum absolute atomic E-state index is 11.5. The van der Waals surface area contributed by atoms with E-state index in [2.05, 4.69) is 0 Å². The third-order valence-electron chi connectivity index (χ3n) is 2.29. The van der Waals surface area contributed by atoms with Gasteiger partial charge in [0.25, 0.3) is 0 Å². The molecule has 0 N–H and O–H groups in total. The number of hydrogen-bond acceptors (Lipinski definition) is 4. The van der Waals surface area contributed by atoms with Crippen LogP contribution >= 0.6 is 11.3 Å². The van der Waals surface area contributed by atoms with Crippen molar-refractivity contribution in [1.29, 1.82) is 5.26 Å². The molecule has 0 atom stereocenters. The molecule has 86 valence electrons. The van der Waals surface area contributed by atoms with E-state index in [0.29, 0.717) is 5.56 Å². The number of benzene rings is 1. The molecular formula is C12H9NO2S2. The third kappa shape index (κ3) is 2.23. The molecule has 1 aromatic heterocycles. The second-order valence-electron chi connectivity index (χ2n) is 3.56. The molecule has 1 aromatic carbocycles. The van der Waals surface area contributed by atoms with Gasteiger partial charge in [0.05, 0.1) is 5.56 Å². The van der Waals surface area contributed by atoms with Crippen molar-refractivity contribution >= 4 is 21.2 Å². The van der Waals surface area contributed by atoms with Crippen molar-refractivity contribution in [3.8, 4) is 17.2 Å². The summed E-state index contributed by atoms with van der Waals surface area (Å²) in [6.07, 6.45) is 1.12. The maximum Gasteiger partial charge on any atom is 0.186 e. The molecule has 3 nitrogen and oxygen atoms in total. The Morgan fingerprint density at radius 2 is 1.88 bits per heavy atom. The molecule has 0 amide bonds. The van der Waals surface area contributed by atoms with Crippen LogP contribution in [0, 0.1) is 11.3 Å². The number of nitriles is 1. The zero-order valence-electron chi connectivity index (χ0n) is 9.04. The van der Waals surface area contributed by atoms with Crippen LogP contribution in [-0.2, 0) is 9.84 Å². The normalized spacial score (nSPS) is 11.1. The first-order chi connectivity index (χ1) is 8.04. The fourth-order valence-electron chi connectivity index (χ4n) is 1.55. The first kappa shape index (κ1) is 11.8. The lowest BCUT2D eigenvalue weighted by Crippen LogP contribution is -1.96. The number of nitrogens with zero attached hydrogens (tertiary/aromatic N) is 1. The number of rotatable bonds is 2. The van der Waals surface area contributed by atoms with Crippen molar-refractivity contribution in [2.75, 3.05) is 6.26 Å². The molecule has 0 spiro atoms.